The maximum atomic E-state index is 9.35. The molecule has 2 saturated carbocycles. The van der Waals surface area contributed by atoms with Gasteiger partial charge in [-0.2, -0.15) is 0 Å². The van der Waals surface area contributed by atoms with Crippen molar-refractivity contribution < 1.29 is 5.11 Å². The second-order valence-corrected chi connectivity index (χ2v) is 4.95. The molecule has 1 N–H and O–H groups in total. The summed E-state index contributed by atoms with van der Waals surface area (Å²) in [6.07, 6.45) is 5.52. The molecule has 2 heteroatoms. The summed E-state index contributed by atoms with van der Waals surface area (Å²) in [6.45, 7) is 5.25. The Balaban J connectivity index is 1.70. The molecule has 2 fully saturated rings. The van der Waals surface area contributed by atoms with Crippen LogP contribution in [0.15, 0.2) is 0 Å². The van der Waals surface area contributed by atoms with Crippen LogP contribution in [-0.2, 0) is 0 Å². The average molecular weight is 183 g/mol. The minimum Gasteiger partial charge on any atom is -0.392 e. The summed E-state index contributed by atoms with van der Waals surface area (Å²) in [5.41, 5.74) is 0. The van der Waals surface area contributed by atoms with Crippen molar-refractivity contribution >= 4 is 0 Å². The number of hydrogen-bond acceptors (Lipinski definition) is 2. The molecule has 2 aliphatic carbocycles. The highest BCUT2D eigenvalue weighted by Crippen LogP contribution is 2.33. The van der Waals surface area contributed by atoms with Crippen molar-refractivity contribution in [2.75, 3.05) is 19.6 Å². The Morgan fingerprint density at radius 3 is 1.92 bits per heavy atom. The highest BCUT2D eigenvalue weighted by atomic mass is 16.3. The van der Waals surface area contributed by atoms with E-state index in [-0.39, 0.29) is 6.10 Å². The number of aliphatic hydroxyl groups excluding tert-OH is 1. The first-order chi connectivity index (χ1) is 6.24. The third-order valence-corrected chi connectivity index (χ3v) is 2.95. The van der Waals surface area contributed by atoms with Gasteiger partial charge in [0.25, 0.3) is 0 Å². The van der Waals surface area contributed by atoms with Gasteiger partial charge in [-0.25, -0.2) is 0 Å². The Morgan fingerprint density at radius 2 is 1.62 bits per heavy atom. The second-order valence-electron chi connectivity index (χ2n) is 4.95. The van der Waals surface area contributed by atoms with Crippen molar-refractivity contribution in [2.24, 2.45) is 11.8 Å². The van der Waals surface area contributed by atoms with Gasteiger partial charge < -0.3 is 10.0 Å². The van der Waals surface area contributed by atoms with E-state index in [4.69, 9.17) is 0 Å². The van der Waals surface area contributed by atoms with Gasteiger partial charge in [-0.05, 0) is 44.4 Å². The van der Waals surface area contributed by atoms with E-state index in [0.29, 0.717) is 0 Å². The highest BCUT2D eigenvalue weighted by molar-refractivity contribution is 4.82. The van der Waals surface area contributed by atoms with Gasteiger partial charge in [-0.15, -0.1) is 0 Å². The second kappa shape index (κ2) is 3.97. The van der Waals surface area contributed by atoms with Crippen molar-refractivity contribution in [3.8, 4) is 0 Å². The van der Waals surface area contributed by atoms with E-state index in [9.17, 15) is 5.11 Å². The van der Waals surface area contributed by atoms with Crippen LogP contribution in [0.2, 0.25) is 0 Å². The van der Waals surface area contributed by atoms with E-state index in [1.165, 1.54) is 38.8 Å². The molecule has 0 unspecified atom stereocenters. The lowest BCUT2D eigenvalue weighted by atomic mass is 10.2. The maximum absolute atomic E-state index is 9.35. The fraction of sp³-hybridized carbons (Fsp3) is 1.00. The van der Waals surface area contributed by atoms with Gasteiger partial charge in [0.1, 0.15) is 0 Å². The molecule has 0 radical (unpaired) electrons. The van der Waals surface area contributed by atoms with E-state index in [1.807, 2.05) is 6.92 Å². The van der Waals surface area contributed by atoms with Crippen molar-refractivity contribution in [3.63, 3.8) is 0 Å². The predicted octanol–water partition coefficient (Wildman–Crippen LogP) is 1.49. The molecule has 0 aromatic carbocycles. The maximum Gasteiger partial charge on any atom is 0.0639 e. The fourth-order valence-corrected chi connectivity index (χ4v) is 1.93. The smallest absolute Gasteiger partial charge is 0.0639 e. The van der Waals surface area contributed by atoms with Crippen LogP contribution in [0.4, 0.5) is 0 Å². The van der Waals surface area contributed by atoms with Gasteiger partial charge >= 0.3 is 0 Å². The molecule has 0 heterocycles. The molecule has 1 atom stereocenters. The third-order valence-electron chi connectivity index (χ3n) is 2.95. The van der Waals surface area contributed by atoms with Crippen LogP contribution in [-0.4, -0.2) is 35.7 Å². The summed E-state index contributed by atoms with van der Waals surface area (Å²) >= 11 is 0. The van der Waals surface area contributed by atoms with E-state index >= 15 is 0 Å². The minimum atomic E-state index is -0.155. The lowest BCUT2D eigenvalue weighted by Crippen LogP contribution is -2.34. The van der Waals surface area contributed by atoms with Crippen molar-refractivity contribution in [1.29, 1.82) is 0 Å². The summed E-state index contributed by atoms with van der Waals surface area (Å²) in [4.78, 5) is 2.47. The van der Waals surface area contributed by atoms with E-state index in [2.05, 4.69) is 4.90 Å². The lowest BCUT2D eigenvalue weighted by molar-refractivity contribution is 0.120. The average Bonchev–Trinajstić information content (AvgIpc) is 2.79. The first-order valence-corrected chi connectivity index (χ1v) is 5.64. The predicted molar refractivity (Wildman–Crippen MR) is 53.6 cm³/mol. The summed E-state index contributed by atoms with van der Waals surface area (Å²) < 4.78 is 0. The van der Waals surface area contributed by atoms with Crippen LogP contribution in [0.1, 0.15) is 32.6 Å². The summed E-state index contributed by atoms with van der Waals surface area (Å²) in [6, 6.07) is 0. The molecule has 0 aromatic heterocycles. The molecule has 0 bridgehead atoms. The molecular weight excluding hydrogens is 162 g/mol. The highest BCUT2D eigenvalue weighted by Gasteiger charge is 2.29. The monoisotopic (exact) mass is 183 g/mol. The Labute approximate surface area is 80.9 Å². The van der Waals surface area contributed by atoms with Crippen molar-refractivity contribution in [3.05, 3.63) is 0 Å². The Bertz CT molecular complexity index is 142. The van der Waals surface area contributed by atoms with E-state index in [0.717, 1.165) is 18.4 Å². The third kappa shape index (κ3) is 3.65. The van der Waals surface area contributed by atoms with Gasteiger partial charge in [0, 0.05) is 19.6 Å². The minimum absolute atomic E-state index is 0.155. The topological polar surface area (TPSA) is 23.5 Å². The first-order valence-electron chi connectivity index (χ1n) is 5.64. The normalized spacial score (nSPS) is 25.2. The van der Waals surface area contributed by atoms with Crippen LogP contribution >= 0.6 is 0 Å². The van der Waals surface area contributed by atoms with E-state index in [1.54, 1.807) is 0 Å². The van der Waals surface area contributed by atoms with Crippen molar-refractivity contribution in [2.45, 2.75) is 38.7 Å². The van der Waals surface area contributed by atoms with Gasteiger partial charge in [0.2, 0.25) is 0 Å². The molecule has 0 amide bonds. The lowest BCUT2D eigenvalue weighted by Gasteiger charge is -2.23. The SMILES string of the molecule is C[C@@H](O)CN(CC1CC1)CC1CC1. The van der Waals surface area contributed by atoms with Gasteiger partial charge in [-0.3, -0.25) is 0 Å². The molecule has 2 rings (SSSR count). The molecule has 2 nitrogen and oxygen atoms in total. The first kappa shape index (κ1) is 9.47. The fourth-order valence-electron chi connectivity index (χ4n) is 1.93. The molecular formula is C11H21NO. The molecule has 2 aliphatic rings. The van der Waals surface area contributed by atoms with Crippen LogP contribution in [0.5, 0.6) is 0 Å². The Hall–Kier alpha value is -0.0800. The number of hydrogen-bond donors (Lipinski definition) is 1. The summed E-state index contributed by atoms with van der Waals surface area (Å²) in [7, 11) is 0. The van der Waals surface area contributed by atoms with Crippen LogP contribution in [0.25, 0.3) is 0 Å². The molecule has 0 spiro atoms. The molecule has 0 aromatic rings. The van der Waals surface area contributed by atoms with Gasteiger partial charge in [0.15, 0.2) is 0 Å². The Morgan fingerprint density at radius 1 is 1.15 bits per heavy atom. The van der Waals surface area contributed by atoms with Crippen LogP contribution < -0.4 is 0 Å². The standard InChI is InChI=1S/C11H21NO/c1-9(13)6-12(7-10-2-3-10)8-11-4-5-11/h9-11,13H,2-8H2,1H3/t9-/m1/s1. The van der Waals surface area contributed by atoms with Gasteiger partial charge in [-0.1, -0.05) is 0 Å². The summed E-state index contributed by atoms with van der Waals surface area (Å²) in [5.74, 6) is 1.91. The summed E-state index contributed by atoms with van der Waals surface area (Å²) in [5, 5.41) is 9.35. The largest absolute Gasteiger partial charge is 0.392 e. The number of aliphatic hydroxyl groups is 1. The van der Waals surface area contributed by atoms with Crippen LogP contribution in [0, 0.1) is 11.8 Å². The quantitative estimate of drug-likeness (QED) is 0.674. The number of rotatable bonds is 6. The zero-order chi connectivity index (χ0) is 9.26. The molecule has 0 saturated heterocycles. The zero-order valence-electron chi connectivity index (χ0n) is 8.58. The van der Waals surface area contributed by atoms with Crippen molar-refractivity contribution in [1.82, 2.24) is 4.90 Å². The molecule has 0 aliphatic heterocycles. The van der Waals surface area contributed by atoms with E-state index < -0.39 is 0 Å². The number of nitrogens with zero attached hydrogens (tertiary/aromatic N) is 1. The molecule has 76 valence electrons. The van der Waals surface area contributed by atoms with Gasteiger partial charge in [0.05, 0.1) is 6.10 Å². The zero-order valence-corrected chi connectivity index (χ0v) is 8.58. The van der Waals surface area contributed by atoms with Crippen LogP contribution in [0.3, 0.4) is 0 Å². The molecule has 13 heavy (non-hydrogen) atoms. The Kier molecular flexibility index (Phi) is 2.89.